The SMILES string of the molecule is Cn1c2ccc3ccccc3c2c2cccc(N(c3ccccc3)c3ccc4ccccc4c3)c21. The van der Waals surface area contributed by atoms with E-state index < -0.39 is 0 Å². The minimum Gasteiger partial charge on any atom is -0.342 e. The van der Waals surface area contributed by atoms with Gasteiger partial charge in [-0.3, -0.25) is 0 Å². The summed E-state index contributed by atoms with van der Waals surface area (Å²) in [5.41, 5.74) is 5.95. The molecule has 6 aromatic carbocycles. The van der Waals surface area contributed by atoms with Gasteiger partial charge in [0.2, 0.25) is 0 Å². The number of fused-ring (bicyclic) bond motifs is 6. The van der Waals surface area contributed by atoms with Gasteiger partial charge in [0.25, 0.3) is 0 Å². The highest BCUT2D eigenvalue weighted by atomic mass is 15.2. The van der Waals surface area contributed by atoms with Crippen LogP contribution in [0.15, 0.2) is 127 Å². The molecule has 1 aromatic heterocycles. The normalized spacial score (nSPS) is 11.6. The van der Waals surface area contributed by atoms with E-state index in [2.05, 4.69) is 144 Å². The average Bonchev–Trinajstić information content (AvgIpc) is 3.22. The molecule has 0 atom stereocenters. The lowest BCUT2D eigenvalue weighted by Crippen LogP contribution is -2.11. The first-order valence-corrected chi connectivity index (χ1v) is 12.0. The molecule has 2 heteroatoms. The van der Waals surface area contributed by atoms with Crippen molar-refractivity contribution in [3.63, 3.8) is 0 Å². The molecule has 0 aliphatic carbocycles. The van der Waals surface area contributed by atoms with Crippen LogP contribution in [0.1, 0.15) is 0 Å². The smallest absolute Gasteiger partial charge is 0.0733 e. The van der Waals surface area contributed by atoms with Crippen LogP contribution >= 0.6 is 0 Å². The molecule has 0 saturated heterocycles. The number of hydrogen-bond acceptors (Lipinski definition) is 1. The summed E-state index contributed by atoms with van der Waals surface area (Å²) in [6.45, 7) is 0. The molecule has 1 heterocycles. The van der Waals surface area contributed by atoms with Crippen molar-refractivity contribution in [3.8, 4) is 0 Å². The fourth-order valence-electron chi connectivity index (χ4n) is 5.53. The predicted molar refractivity (Wildman–Crippen MR) is 150 cm³/mol. The molecule has 0 amide bonds. The van der Waals surface area contributed by atoms with Crippen molar-refractivity contribution in [2.75, 3.05) is 4.90 Å². The summed E-state index contributed by atoms with van der Waals surface area (Å²) in [6, 6.07) is 45.8. The van der Waals surface area contributed by atoms with Crippen molar-refractivity contribution in [3.05, 3.63) is 127 Å². The van der Waals surface area contributed by atoms with E-state index in [1.165, 1.54) is 49.0 Å². The molecule has 0 aliphatic rings. The zero-order chi connectivity index (χ0) is 23.4. The molecule has 0 N–H and O–H groups in total. The first kappa shape index (κ1) is 19.9. The van der Waals surface area contributed by atoms with Crippen LogP contribution < -0.4 is 4.90 Å². The fraction of sp³-hybridized carbons (Fsp3) is 0.0303. The molecule has 0 aliphatic heterocycles. The number of aromatic nitrogens is 1. The van der Waals surface area contributed by atoms with Gasteiger partial charge in [0.1, 0.15) is 0 Å². The predicted octanol–water partition coefficient (Wildman–Crippen LogP) is 9.11. The molecular weight excluding hydrogens is 424 g/mol. The van der Waals surface area contributed by atoms with E-state index >= 15 is 0 Å². The highest BCUT2D eigenvalue weighted by Crippen LogP contribution is 2.43. The van der Waals surface area contributed by atoms with E-state index in [9.17, 15) is 0 Å². The Morgan fingerprint density at radius 3 is 2.06 bits per heavy atom. The van der Waals surface area contributed by atoms with E-state index in [1.54, 1.807) is 0 Å². The van der Waals surface area contributed by atoms with Crippen LogP contribution in [0.25, 0.3) is 43.4 Å². The fourth-order valence-corrected chi connectivity index (χ4v) is 5.53. The molecule has 166 valence electrons. The third kappa shape index (κ3) is 3.04. The second-order valence-electron chi connectivity index (χ2n) is 9.12. The zero-order valence-corrected chi connectivity index (χ0v) is 19.5. The minimum absolute atomic E-state index is 1.14. The maximum Gasteiger partial charge on any atom is 0.0733 e. The number of nitrogens with zero attached hydrogens (tertiary/aromatic N) is 2. The van der Waals surface area contributed by atoms with Gasteiger partial charge in [-0.1, -0.05) is 91.0 Å². The van der Waals surface area contributed by atoms with Gasteiger partial charge in [0.05, 0.1) is 11.2 Å². The van der Waals surface area contributed by atoms with Crippen LogP contribution in [-0.4, -0.2) is 4.57 Å². The Bertz CT molecular complexity index is 1860. The van der Waals surface area contributed by atoms with Crippen molar-refractivity contribution in [1.29, 1.82) is 0 Å². The summed E-state index contributed by atoms with van der Waals surface area (Å²) < 4.78 is 2.35. The summed E-state index contributed by atoms with van der Waals surface area (Å²) in [4.78, 5) is 2.38. The number of benzene rings is 6. The third-order valence-corrected chi connectivity index (χ3v) is 7.13. The van der Waals surface area contributed by atoms with Gasteiger partial charge in [0, 0.05) is 34.7 Å². The molecule has 0 radical (unpaired) electrons. The largest absolute Gasteiger partial charge is 0.342 e. The Labute approximate surface area is 204 Å². The van der Waals surface area contributed by atoms with Crippen LogP contribution in [-0.2, 0) is 7.05 Å². The van der Waals surface area contributed by atoms with Gasteiger partial charge >= 0.3 is 0 Å². The second-order valence-corrected chi connectivity index (χ2v) is 9.12. The topological polar surface area (TPSA) is 8.17 Å². The molecule has 0 unspecified atom stereocenters. The summed E-state index contributed by atoms with van der Waals surface area (Å²) in [6.07, 6.45) is 0. The van der Waals surface area contributed by atoms with Crippen molar-refractivity contribution in [2.45, 2.75) is 0 Å². The Morgan fingerprint density at radius 2 is 1.20 bits per heavy atom. The van der Waals surface area contributed by atoms with Gasteiger partial charge < -0.3 is 9.47 Å². The van der Waals surface area contributed by atoms with Crippen LogP contribution in [0, 0.1) is 0 Å². The Morgan fingerprint density at radius 1 is 0.514 bits per heavy atom. The van der Waals surface area contributed by atoms with Crippen molar-refractivity contribution in [1.82, 2.24) is 4.57 Å². The molecule has 35 heavy (non-hydrogen) atoms. The number of anilines is 3. The van der Waals surface area contributed by atoms with Crippen LogP contribution in [0.5, 0.6) is 0 Å². The molecule has 0 bridgehead atoms. The van der Waals surface area contributed by atoms with Gasteiger partial charge in [-0.25, -0.2) is 0 Å². The first-order valence-electron chi connectivity index (χ1n) is 12.0. The van der Waals surface area contributed by atoms with Crippen LogP contribution in [0.4, 0.5) is 17.1 Å². The number of para-hydroxylation sites is 2. The van der Waals surface area contributed by atoms with Gasteiger partial charge in [-0.2, -0.15) is 0 Å². The van der Waals surface area contributed by atoms with E-state index in [1.807, 2.05) is 0 Å². The van der Waals surface area contributed by atoms with E-state index in [4.69, 9.17) is 0 Å². The van der Waals surface area contributed by atoms with Gasteiger partial charge in [-0.15, -0.1) is 0 Å². The minimum atomic E-state index is 1.14. The number of rotatable bonds is 3. The van der Waals surface area contributed by atoms with Crippen LogP contribution in [0.2, 0.25) is 0 Å². The van der Waals surface area contributed by atoms with Gasteiger partial charge in [-0.05, 0) is 57.9 Å². The summed E-state index contributed by atoms with van der Waals surface area (Å²) in [5.74, 6) is 0. The Kier molecular flexibility index (Phi) is 4.40. The van der Waals surface area contributed by atoms with Crippen molar-refractivity contribution < 1.29 is 0 Å². The quantitative estimate of drug-likeness (QED) is 0.262. The standard InChI is InChI=1S/C33H24N2/c1-34-30-21-19-24-11-7-8-15-28(24)32(30)29-16-9-17-31(33(29)34)35(26-13-3-2-4-14-26)27-20-18-23-10-5-6-12-25(23)22-27/h2-22H,1H3. The lowest BCUT2D eigenvalue weighted by atomic mass is 10.0. The molecule has 7 rings (SSSR count). The van der Waals surface area contributed by atoms with Crippen LogP contribution in [0.3, 0.4) is 0 Å². The highest BCUT2D eigenvalue weighted by Gasteiger charge is 2.20. The average molecular weight is 449 g/mol. The van der Waals surface area contributed by atoms with E-state index in [0.29, 0.717) is 0 Å². The highest BCUT2D eigenvalue weighted by molar-refractivity contribution is 6.23. The van der Waals surface area contributed by atoms with Crippen molar-refractivity contribution >= 4 is 60.4 Å². The summed E-state index contributed by atoms with van der Waals surface area (Å²) in [7, 11) is 2.19. The zero-order valence-electron chi connectivity index (χ0n) is 19.5. The lowest BCUT2D eigenvalue weighted by Gasteiger charge is -2.27. The maximum atomic E-state index is 2.38. The Balaban J connectivity index is 1.58. The molecule has 0 saturated carbocycles. The summed E-state index contributed by atoms with van der Waals surface area (Å²) in [5, 5.41) is 7.64. The molecular formula is C33H24N2. The number of aryl methyl sites for hydroxylation is 1. The van der Waals surface area contributed by atoms with E-state index in [0.717, 1.165) is 11.4 Å². The molecule has 0 spiro atoms. The lowest BCUT2D eigenvalue weighted by molar-refractivity contribution is 1.01. The molecule has 0 fully saturated rings. The monoisotopic (exact) mass is 448 g/mol. The first-order chi connectivity index (χ1) is 17.3. The second kappa shape index (κ2) is 7.75. The maximum absolute atomic E-state index is 2.38. The van der Waals surface area contributed by atoms with E-state index in [-0.39, 0.29) is 0 Å². The molecule has 2 nitrogen and oxygen atoms in total. The van der Waals surface area contributed by atoms with Gasteiger partial charge in [0.15, 0.2) is 0 Å². The third-order valence-electron chi connectivity index (χ3n) is 7.13. The summed E-state index contributed by atoms with van der Waals surface area (Å²) >= 11 is 0. The number of hydrogen-bond donors (Lipinski definition) is 0. The van der Waals surface area contributed by atoms with Crippen molar-refractivity contribution in [2.24, 2.45) is 7.05 Å². The Hall–Kier alpha value is -4.56. The molecule has 7 aromatic rings.